The van der Waals surface area contributed by atoms with E-state index in [0.717, 1.165) is 0 Å². The van der Waals surface area contributed by atoms with Crippen molar-refractivity contribution in [1.82, 2.24) is 4.90 Å². The highest BCUT2D eigenvalue weighted by Crippen LogP contribution is 2.34. The number of benzene rings is 1. The van der Waals surface area contributed by atoms with E-state index in [0.29, 0.717) is 48.0 Å². The van der Waals surface area contributed by atoms with E-state index < -0.39 is 18.0 Å². The number of rotatable bonds is 5. The van der Waals surface area contributed by atoms with E-state index >= 15 is 0 Å². The maximum Gasteiger partial charge on any atom is 0.309 e. The van der Waals surface area contributed by atoms with Crippen LogP contribution >= 0.6 is 11.3 Å². The first-order valence-electron chi connectivity index (χ1n) is 9.75. The van der Waals surface area contributed by atoms with Gasteiger partial charge in [0.15, 0.2) is 17.6 Å². The van der Waals surface area contributed by atoms with Crippen molar-refractivity contribution in [2.24, 2.45) is 5.92 Å². The van der Waals surface area contributed by atoms with Gasteiger partial charge in [0.05, 0.1) is 10.8 Å². The number of thiophene rings is 1. The maximum absolute atomic E-state index is 12.5. The fraction of sp³-hybridized carbons (Fsp3) is 0.381. The van der Waals surface area contributed by atoms with Gasteiger partial charge in [-0.1, -0.05) is 6.07 Å². The SMILES string of the molecule is CC(OC(=O)C1CCN(C(=O)c2cccs2)CC1)C(=O)Nc1ccc2c(c1)OCO2. The molecule has 2 aliphatic heterocycles. The molecule has 30 heavy (non-hydrogen) atoms. The summed E-state index contributed by atoms with van der Waals surface area (Å²) in [6.45, 7) is 2.68. The molecule has 1 aromatic carbocycles. The molecule has 158 valence electrons. The lowest BCUT2D eigenvalue weighted by atomic mass is 9.97. The van der Waals surface area contributed by atoms with Gasteiger partial charge < -0.3 is 24.4 Å². The molecule has 8 nitrogen and oxygen atoms in total. The molecule has 9 heteroatoms. The van der Waals surface area contributed by atoms with Crippen molar-refractivity contribution in [1.29, 1.82) is 0 Å². The molecule has 3 heterocycles. The van der Waals surface area contributed by atoms with Crippen LogP contribution in [0.5, 0.6) is 11.5 Å². The molecule has 1 aromatic heterocycles. The number of likely N-dealkylation sites (tertiary alicyclic amines) is 1. The topological polar surface area (TPSA) is 94.2 Å². The van der Waals surface area contributed by atoms with Gasteiger partial charge in [0.1, 0.15) is 0 Å². The van der Waals surface area contributed by atoms with Crippen LogP contribution in [0.3, 0.4) is 0 Å². The normalized spacial score (nSPS) is 16.8. The molecule has 0 bridgehead atoms. The van der Waals surface area contributed by atoms with Crippen LogP contribution in [0, 0.1) is 5.92 Å². The van der Waals surface area contributed by atoms with Gasteiger partial charge in [-0.25, -0.2) is 0 Å². The summed E-state index contributed by atoms with van der Waals surface area (Å²) in [6, 6.07) is 8.71. The van der Waals surface area contributed by atoms with E-state index in [2.05, 4.69) is 5.32 Å². The number of nitrogens with one attached hydrogen (secondary N) is 1. The molecular formula is C21H22N2O6S. The predicted molar refractivity (Wildman–Crippen MR) is 110 cm³/mol. The summed E-state index contributed by atoms with van der Waals surface area (Å²) in [5.41, 5.74) is 0.535. The van der Waals surface area contributed by atoms with Gasteiger partial charge in [-0.15, -0.1) is 11.3 Å². The van der Waals surface area contributed by atoms with Crippen LogP contribution in [-0.4, -0.2) is 48.7 Å². The van der Waals surface area contributed by atoms with Crippen LogP contribution in [0.1, 0.15) is 29.4 Å². The Balaban J connectivity index is 1.25. The van der Waals surface area contributed by atoms with Crippen molar-refractivity contribution in [3.05, 3.63) is 40.6 Å². The number of piperidine rings is 1. The van der Waals surface area contributed by atoms with Crippen molar-refractivity contribution < 1.29 is 28.6 Å². The number of esters is 1. The van der Waals surface area contributed by atoms with Gasteiger partial charge >= 0.3 is 5.97 Å². The summed E-state index contributed by atoms with van der Waals surface area (Å²) in [7, 11) is 0. The maximum atomic E-state index is 12.5. The number of amides is 2. The largest absolute Gasteiger partial charge is 0.454 e. The Morgan fingerprint density at radius 3 is 2.67 bits per heavy atom. The van der Waals surface area contributed by atoms with Gasteiger partial charge in [-0.05, 0) is 43.3 Å². The van der Waals surface area contributed by atoms with Crippen molar-refractivity contribution in [3.8, 4) is 11.5 Å². The second kappa shape index (κ2) is 8.74. The smallest absolute Gasteiger partial charge is 0.309 e. The van der Waals surface area contributed by atoms with E-state index in [9.17, 15) is 14.4 Å². The zero-order valence-electron chi connectivity index (χ0n) is 16.5. The molecule has 1 saturated heterocycles. The van der Waals surface area contributed by atoms with Gasteiger partial charge in [0, 0.05) is 24.8 Å². The molecule has 1 unspecified atom stereocenters. The Bertz CT molecular complexity index is 937. The number of carbonyl (C=O) groups excluding carboxylic acids is 3. The van der Waals surface area contributed by atoms with Crippen molar-refractivity contribution in [2.75, 3.05) is 25.2 Å². The van der Waals surface area contributed by atoms with Gasteiger partial charge in [0.25, 0.3) is 11.8 Å². The van der Waals surface area contributed by atoms with Gasteiger partial charge in [0.2, 0.25) is 6.79 Å². The average Bonchev–Trinajstić information content (AvgIpc) is 3.45. The van der Waals surface area contributed by atoms with E-state index in [1.807, 2.05) is 11.4 Å². The highest BCUT2D eigenvalue weighted by atomic mass is 32.1. The van der Waals surface area contributed by atoms with Crippen LogP contribution in [0.4, 0.5) is 5.69 Å². The molecular weight excluding hydrogens is 408 g/mol. The number of nitrogens with zero attached hydrogens (tertiary/aromatic N) is 1. The number of ether oxygens (including phenoxy) is 3. The standard InChI is InChI=1S/C21H22N2O6S/c1-13(19(24)22-15-4-5-16-17(11-15)28-12-27-16)29-21(26)14-6-8-23(9-7-14)20(25)18-3-2-10-30-18/h2-5,10-11,13-14H,6-9,12H2,1H3,(H,22,24). The number of hydrogen-bond donors (Lipinski definition) is 1. The molecule has 2 aromatic rings. The van der Waals surface area contributed by atoms with Crippen LogP contribution in [-0.2, 0) is 14.3 Å². The van der Waals surface area contributed by atoms with Crippen LogP contribution in [0.15, 0.2) is 35.7 Å². The molecule has 1 atom stereocenters. The molecule has 2 aliphatic rings. The summed E-state index contributed by atoms with van der Waals surface area (Å²) < 4.78 is 15.9. The van der Waals surface area contributed by atoms with E-state index in [1.165, 1.54) is 18.3 Å². The lowest BCUT2D eigenvalue weighted by molar-refractivity contribution is -0.158. The molecule has 0 aliphatic carbocycles. The quantitative estimate of drug-likeness (QED) is 0.733. The van der Waals surface area contributed by atoms with Crippen LogP contribution in [0.25, 0.3) is 0 Å². The third-order valence-electron chi connectivity index (χ3n) is 5.15. The van der Waals surface area contributed by atoms with Crippen molar-refractivity contribution in [2.45, 2.75) is 25.9 Å². The minimum Gasteiger partial charge on any atom is -0.454 e. The predicted octanol–water partition coefficient (Wildman–Crippen LogP) is 2.90. The summed E-state index contributed by atoms with van der Waals surface area (Å²) in [5.74, 6) is 0.0169. The Kier molecular flexibility index (Phi) is 5.89. The lowest BCUT2D eigenvalue weighted by Gasteiger charge is -2.31. The van der Waals surface area contributed by atoms with Gasteiger partial charge in [-0.2, -0.15) is 0 Å². The molecule has 0 saturated carbocycles. The molecule has 4 rings (SSSR count). The first-order valence-corrected chi connectivity index (χ1v) is 10.6. The third kappa shape index (κ3) is 4.40. The van der Waals surface area contributed by atoms with Crippen LogP contribution < -0.4 is 14.8 Å². The highest BCUT2D eigenvalue weighted by molar-refractivity contribution is 7.12. The van der Waals surface area contributed by atoms with Gasteiger partial charge in [-0.3, -0.25) is 14.4 Å². The first kappa shape index (κ1) is 20.2. The van der Waals surface area contributed by atoms with E-state index in [1.54, 1.807) is 29.2 Å². The van der Waals surface area contributed by atoms with E-state index in [4.69, 9.17) is 14.2 Å². The summed E-state index contributed by atoms with van der Waals surface area (Å²) in [6.07, 6.45) is 0.104. The molecule has 2 amide bonds. The highest BCUT2D eigenvalue weighted by Gasteiger charge is 2.31. The Labute approximate surface area is 177 Å². The minimum atomic E-state index is -0.936. The monoisotopic (exact) mass is 430 g/mol. The molecule has 1 N–H and O–H groups in total. The Hall–Kier alpha value is -3.07. The minimum absolute atomic E-state index is 0.00621. The number of fused-ring (bicyclic) bond motifs is 1. The number of anilines is 1. The Morgan fingerprint density at radius 1 is 1.17 bits per heavy atom. The summed E-state index contributed by atoms with van der Waals surface area (Å²) >= 11 is 1.41. The van der Waals surface area contributed by atoms with Crippen LogP contribution in [0.2, 0.25) is 0 Å². The van der Waals surface area contributed by atoms with Crippen molar-refractivity contribution in [3.63, 3.8) is 0 Å². The zero-order valence-corrected chi connectivity index (χ0v) is 17.3. The molecule has 0 spiro atoms. The Morgan fingerprint density at radius 2 is 1.93 bits per heavy atom. The number of hydrogen-bond acceptors (Lipinski definition) is 7. The van der Waals surface area contributed by atoms with Crippen molar-refractivity contribution >= 4 is 34.8 Å². The second-order valence-corrected chi connectivity index (χ2v) is 8.13. The first-order chi connectivity index (χ1) is 14.5. The average molecular weight is 430 g/mol. The summed E-state index contributed by atoms with van der Waals surface area (Å²) in [5, 5.41) is 4.58. The zero-order chi connectivity index (χ0) is 21.1. The fourth-order valence-electron chi connectivity index (χ4n) is 3.42. The van der Waals surface area contributed by atoms with E-state index in [-0.39, 0.29) is 18.6 Å². The second-order valence-electron chi connectivity index (χ2n) is 7.18. The third-order valence-corrected chi connectivity index (χ3v) is 6.01. The lowest BCUT2D eigenvalue weighted by Crippen LogP contribution is -2.41. The fourth-order valence-corrected chi connectivity index (χ4v) is 4.11. The molecule has 1 fully saturated rings. The number of carbonyl (C=O) groups is 3. The molecule has 0 radical (unpaired) electrons. The summed E-state index contributed by atoms with van der Waals surface area (Å²) in [4.78, 5) is 39.7.